The summed E-state index contributed by atoms with van der Waals surface area (Å²) >= 11 is 0. The van der Waals surface area contributed by atoms with Crippen molar-refractivity contribution in [2.24, 2.45) is 7.05 Å². The summed E-state index contributed by atoms with van der Waals surface area (Å²) in [6.07, 6.45) is 2.34. The zero-order chi connectivity index (χ0) is 15.4. The van der Waals surface area contributed by atoms with Crippen molar-refractivity contribution in [1.29, 1.82) is 0 Å². The molecule has 1 atom stereocenters. The molecule has 0 saturated heterocycles. The Bertz CT molecular complexity index is 646. The van der Waals surface area contributed by atoms with Gasteiger partial charge < -0.3 is 14.6 Å². The first-order valence-corrected chi connectivity index (χ1v) is 6.43. The minimum atomic E-state index is -0.908. The highest BCUT2D eigenvalue weighted by atomic mass is 16.5. The van der Waals surface area contributed by atoms with Crippen LogP contribution in [0.4, 0.5) is 5.82 Å². The van der Waals surface area contributed by atoms with Crippen LogP contribution in [0.3, 0.4) is 0 Å². The number of amides is 1. The third-order valence-electron chi connectivity index (χ3n) is 2.73. The molecule has 8 heteroatoms. The topological polar surface area (TPSA) is 99.2 Å². The van der Waals surface area contributed by atoms with E-state index >= 15 is 0 Å². The van der Waals surface area contributed by atoms with Crippen LogP contribution in [0, 0.1) is 6.92 Å². The highest BCUT2D eigenvalue weighted by Gasteiger charge is 2.23. The first-order chi connectivity index (χ1) is 9.99. The molecule has 0 unspecified atom stereocenters. The normalized spacial score (nSPS) is 12.0. The van der Waals surface area contributed by atoms with Crippen molar-refractivity contribution in [1.82, 2.24) is 14.9 Å². The fourth-order valence-corrected chi connectivity index (χ4v) is 1.68. The van der Waals surface area contributed by atoms with E-state index < -0.39 is 18.0 Å². The van der Waals surface area contributed by atoms with Gasteiger partial charge in [-0.1, -0.05) is 12.1 Å². The summed E-state index contributed by atoms with van der Waals surface area (Å²) in [5.41, 5.74) is 0.293. The zero-order valence-electron chi connectivity index (χ0n) is 12.0. The Balaban J connectivity index is 1.98. The fraction of sp³-hybridized carbons (Fsp3) is 0.385. The highest BCUT2D eigenvalue weighted by Crippen LogP contribution is 2.11. The lowest BCUT2D eigenvalue weighted by molar-refractivity contribution is -0.124. The summed E-state index contributed by atoms with van der Waals surface area (Å²) in [6.45, 7) is 3.46. The number of aromatic nitrogens is 3. The second kappa shape index (κ2) is 6.21. The molecule has 8 nitrogen and oxygen atoms in total. The molecule has 0 radical (unpaired) electrons. The molecular weight excluding hydrogens is 276 g/mol. The lowest BCUT2D eigenvalue weighted by Crippen LogP contribution is -2.32. The molecule has 0 spiro atoms. The SMILES string of the molecule is CC[C@@H](OC(=O)c1cnn(C)c1)C(=O)Nc1cc(C)on1. The first-order valence-electron chi connectivity index (χ1n) is 6.43. The van der Waals surface area contributed by atoms with E-state index in [1.165, 1.54) is 17.1 Å². The van der Waals surface area contributed by atoms with E-state index in [-0.39, 0.29) is 5.82 Å². The monoisotopic (exact) mass is 292 g/mol. The van der Waals surface area contributed by atoms with E-state index in [1.807, 2.05) is 0 Å². The number of rotatable bonds is 5. The summed E-state index contributed by atoms with van der Waals surface area (Å²) in [6, 6.07) is 1.58. The van der Waals surface area contributed by atoms with Crippen LogP contribution in [0.1, 0.15) is 29.5 Å². The predicted molar refractivity (Wildman–Crippen MR) is 72.6 cm³/mol. The molecule has 21 heavy (non-hydrogen) atoms. The molecule has 2 aromatic rings. The summed E-state index contributed by atoms with van der Waals surface area (Å²) in [5, 5.41) is 10.1. The number of ether oxygens (including phenoxy) is 1. The minimum absolute atomic E-state index is 0.286. The van der Waals surface area contributed by atoms with Gasteiger partial charge in [-0.25, -0.2) is 4.79 Å². The van der Waals surface area contributed by atoms with Crippen LogP contribution >= 0.6 is 0 Å². The van der Waals surface area contributed by atoms with Gasteiger partial charge in [-0.05, 0) is 13.3 Å². The average molecular weight is 292 g/mol. The molecule has 0 aliphatic rings. The number of nitrogens with zero attached hydrogens (tertiary/aromatic N) is 3. The Kier molecular flexibility index (Phi) is 4.36. The maximum atomic E-state index is 12.0. The van der Waals surface area contributed by atoms with Crippen molar-refractivity contribution in [3.05, 3.63) is 29.8 Å². The summed E-state index contributed by atoms with van der Waals surface area (Å²) < 4.78 is 11.5. The van der Waals surface area contributed by atoms with Crippen LogP contribution in [0.25, 0.3) is 0 Å². The number of carbonyl (C=O) groups is 2. The second-order valence-corrected chi connectivity index (χ2v) is 4.52. The fourth-order valence-electron chi connectivity index (χ4n) is 1.68. The number of esters is 1. The summed E-state index contributed by atoms with van der Waals surface area (Å²) in [7, 11) is 1.69. The average Bonchev–Trinajstić information content (AvgIpc) is 3.04. The van der Waals surface area contributed by atoms with Crippen molar-refractivity contribution in [2.45, 2.75) is 26.4 Å². The van der Waals surface area contributed by atoms with Gasteiger partial charge in [0.15, 0.2) is 11.9 Å². The van der Waals surface area contributed by atoms with E-state index in [0.29, 0.717) is 17.7 Å². The molecule has 2 rings (SSSR count). The molecule has 1 N–H and O–H groups in total. The lowest BCUT2D eigenvalue weighted by Gasteiger charge is -2.14. The van der Waals surface area contributed by atoms with Crippen molar-refractivity contribution in [3.8, 4) is 0 Å². The van der Waals surface area contributed by atoms with Crippen molar-refractivity contribution >= 4 is 17.7 Å². The third kappa shape index (κ3) is 3.68. The predicted octanol–water partition coefficient (Wildman–Crippen LogP) is 1.29. The van der Waals surface area contributed by atoms with Crippen LogP contribution < -0.4 is 5.32 Å². The van der Waals surface area contributed by atoms with Crippen LogP contribution in [-0.4, -0.2) is 32.9 Å². The maximum Gasteiger partial charge on any atom is 0.342 e. The molecule has 112 valence electrons. The molecule has 2 heterocycles. The van der Waals surface area contributed by atoms with Gasteiger partial charge >= 0.3 is 5.97 Å². The minimum Gasteiger partial charge on any atom is -0.449 e. The molecule has 0 fully saturated rings. The Morgan fingerprint density at radius 1 is 1.52 bits per heavy atom. The van der Waals surface area contributed by atoms with Gasteiger partial charge in [0.25, 0.3) is 5.91 Å². The zero-order valence-corrected chi connectivity index (χ0v) is 12.0. The van der Waals surface area contributed by atoms with Crippen molar-refractivity contribution in [2.75, 3.05) is 5.32 Å². The Hall–Kier alpha value is -2.64. The maximum absolute atomic E-state index is 12.0. The standard InChI is InChI=1S/C13H16N4O4/c1-4-10(12(18)15-11-5-8(2)21-16-11)20-13(19)9-6-14-17(3)7-9/h5-7,10H,4H2,1-3H3,(H,15,16,18)/t10-/m1/s1. The van der Waals surface area contributed by atoms with E-state index in [2.05, 4.69) is 15.6 Å². The summed E-state index contributed by atoms with van der Waals surface area (Å²) in [5.74, 6) is -0.191. The molecule has 0 aliphatic heterocycles. The largest absolute Gasteiger partial charge is 0.449 e. The van der Waals surface area contributed by atoms with E-state index in [9.17, 15) is 9.59 Å². The number of carbonyl (C=O) groups excluding carboxylic acids is 2. The molecular formula is C13H16N4O4. The van der Waals surface area contributed by atoms with Crippen LogP contribution in [0.5, 0.6) is 0 Å². The van der Waals surface area contributed by atoms with Gasteiger partial charge in [0.1, 0.15) is 5.76 Å². The first kappa shape index (κ1) is 14.8. The quantitative estimate of drug-likeness (QED) is 0.834. The molecule has 0 saturated carbocycles. The van der Waals surface area contributed by atoms with E-state index in [4.69, 9.17) is 9.26 Å². The third-order valence-corrected chi connectivity index (χ3v) is 2.73. The van der Waals surface area contributed by atoms with Crippen molar-refractivity contribution < 1.29 is 18.8 Å². The van der Waals surface area contributed by atoms with Crippen molar-refractivity contribution in [3.63, 3.8) is 0 Å². The van der Waals surface area contributed by atoms with Crippen LogP contribution in [0.15, 0.2) is 23.0 Å². The molecule has 0 bridgehead atoms. The highest BCUT2D eigenvalue weighted by molar-refractivity contribution is 5.96. The van der Waals surface area contributed by atoms with Gasteiger partial charge in [-0.2, -0.15) is 5.10 Å². The van der Waals surface area contributed by atoms with Gasteiger partial charge in [0.2, 0.25) is 0 Å². The van der Waals surface area contributed by atoms with E-state index in [1.54, 1.807) is 27.0 Å². The Labute approximate surface area is 121 Å². The number of anilines is 1. The number of hydrogen-bond donors (Lipinski definition) is 1. The molecule has 1 amide bonds. The van der Waals surface area contributed by atoms with Gasteiger partial charge in [0, 0.05) is 19.3 Å². The smallest absolute Gasteiger partial charge is 0.342 e. The molecule has 0 aliphatic carbocycles. The lowest BCUT2D eigenvalue weighted by atomic mass is 10.2. The number of nitrogens with one attached hydrogen (secondary N) is 1. The van der Waals surface area contributed by atoms with Crippen LogP contribution in [-0.2, 0) is 16.6 Å². The number of hydrogen-bond acceptors (Lipinski definition) is 6. The molecule has 0 aromatic carbocycles. The van der Waals surface area contributed by atoms with Gasteiger partial charge in [0.05, 0.1) is 11.8 Å². The van der Waals surface area contributed by atoms with Gasteiger partial charge in [-0.15, -0.1) is 0 Å². The Morgan fingerprint density at radius 2 is 2.29 bits per heavy atom. The molecule has 2 aromatic heterocycles. The second-order valence-electron chi connectivity index (χ2n) is 4.52. The van der Waals surface area contributed by atoms with Gasteiger partial charge in [-0.3, -0.25) is 9.48 Å². The van der Waals surface area contributed by atoms with Crippen LogP contribution in [0.2, 0.25) is 0 Å². The Morgan fingerprint density at radius 3 is 2.81 bits per heavy atom. The number of aryl methyl sites for hydroxylation is 2. The summed E-state index contributed by atoms with van der Waals surface area (Å²) in [4.78, 5) is 23.9. The van der Waals surface area contributed by atoms with E-state index in [0.717, 1.165) is 0 Å².